The van der Waals surface area contributed by atoms with E-state index in [0.717, 1.165) is 22.4 Å². The monoisotopic (exact) mass is 280 g/mol. The zero-order valence-corrected chi connectivity index (χ0v) is 12.5. The molecule has 0 atom stereocenters. The normalized spacial score (nSPS) is 9.86. The third-order valence-corrected chi connectivity index (χ3v) is 3.19. The number of ether oxygens (including phenoxy) is 1. The molecule has 0 radical (unpaired) electrons. The van der Waals surface area contributed by atoms with Crippen molar-refractivity contribution in [3.63, 3.8) is 0 Å². The zero-order valence-electron chi connectivity index (χ0n) is 12.5. The van der Waals surface area contributed by atoms with Gasteiger partial charge in [-0.2, -0.15) is 0 Å². The van der Waals surface area contributed by atoms with Crippen molar-refractivity contribution in [2.75, 3.05) is 6.61 Å². The van der Waals surface area contributed by atoms with Crippen molar-refractivity contribution in [1.82, 2.24) is 0 Å². The summed E-state index contributed by atoms with van der Waals surface area (Å²) in [6.45, 7) is 4.71. The molecule has 2 aromatic rings. The fraction of sp³-hybridized carbons (Fsp3) is 0.263. The molecule has 2 rings (SSSR count). The Morgan fingerprint density at radius 2 is 1.90 bits per heavy atom. The van der Waals surface area contributed by atoms with E-state index in [9.17, 15) is 0 Å². The zero-order chi connectivity index (χ0) is 15.1. The maximum Gasteiger partial charge on any atom is 0.122 e. The Morgan fingerprint density at radius 1 is 1.10 bits per heavy atom. The summed E-state index contributed by atoms with van der Waals surface area (Å²) in [7, 11) is 0. The van der Waals surface area contributed by atoms with Crippen LogP contribution >= 0.6 is 0 Å². The topological polar surface area (TPSA) is 29.5 Å². The van der Waals surface area contributed by atoms with Crippen LogP contribution in [0, 0.1) is 25.7 Å². The van der Waals surface area contributed by atoms with Crippen LogP contribution in [0.5, 0.6) is 5.75 Å². The highest BCUT2D eigenvalue weighted by molar-refractivity contribution is 5.42. The number of aryl methyl sites for hydroxylation is 2. The van der Waals surface area contributed by atoms with Gasteiger partial charge < -0.3 is 9.84 Å². The summed E-state index contributed by atoms with van der Waals surface area (Å²) in [5.41, 5.74) is 4.38. The van der Waals surface area contributed by atoms with E-state index in [2.05, 4.69) is 37.8 Å². The Morgan fingerprint density at radius 3 is 2.67 bits per heavy atom. The molecule has 2 heteroatoms. The largest absolute Gasteiger partial charge is 0.489 e. The third-order valence-electron chi connectivity index (χ3n) is 3.19. The van der Waals surface area contributed by atoms with Crippen LogP contribution in [-0.4, -0.2) is 11.7 Å². The predicted molar refractivity (Wildman–Crippen MR) is 85.3 cm³/mol. The van der Waals surface area contributed by atoms with Gasteiger partial charge in [-0.15, -0.1) is 0 Å². The third kappa shape index (κ3) is 4.37. The quantitative estimate of drug-likeness (QED) is 0.867. The molecule has 0 heterocycles. The molecule has 0 unspecified atom stereocenters. The molecule has 0 aliphatic carbocycles. The van der Waals surface area contributed by atoms with Gasteiger partial charge in [0.25, 0.3) is 0 Å². The van der Waals surface area contributed by atoms with Crippen LogP contribution < -0.4 is 4.74 Å². The molecule has 2 nitrogen and oxygen atoms in total. The first kappa shape index (κ1) is 15.2. The lowest BCUT2D eigenvalue weighted by molar-refractivity contribution is 0.303. The number of aliphatic hydroxyl groups is 1. The van der Waals surface area contributed by atoms with E-state index in [1.165, 1.54) is 5.56 Å². The molecule has 0 spiro atoms. The van der Waals surface area contributed by atoms with E-state index in [1.807, 2.05) is 30.3 Å². The van der Waals surface area contributed by atoms with Crippen molar-refractivity contribution in [3.8, 4) is 17.6 Å². The van der Waals surface area contributed by atoms with E-state index < -0.39 is 0 Å². The van der Waals surface area contributed by atoms with Crippen LogP contribution in [0.25, 0.3) is 0 Å². The number of hydrogen-bond acceptors (Lipinski definition) is 2. The first-order valence-electron chi connectivity index (χ1n) is 7.08. The summed E-state index contributed by atoms with van der Waals surface area (Å²) < 4.78 is 5.91. The van der Waals surface area contributed by atoms with Gasteiger partial charge in [-0.3, -0.25) is 0 Å². The average Bonchev–Trinajstić information content (AvgIpc) is 2.48. The molecule has 1 N–H and O–H groups in total. The smallest absolute Gasteiger partial charge is 0.122 e. The Kier molecular flexibility index (Phi) is 5.43. The van der Waals surface area contributed by atoms with Crippen molar-refractivity contribution >= 4 is 0 Å². The predicted octanol–water partition coefficient (Wildman–Crippen LogP) is 3.62. The molecule has 0 fully saturated rings. The van der Waals surface area contributed by atoms with Crippen LogP contribution in [0.1, 0.15) is 28.7 Å². The molecule has 0 bridgehead atoms. The highest BCUT2D eigenvalue weighted by Crippen LogP contribution is 2.20. The van der Waals surface area contributed by atoms with Gasteiger partial charge in [0.2, 0.25) is 0 Å². The van der Waals surface area contributed by atoms with E-state index in [1.54, 1.807) is 0 Å². The van der Waals surface area contributed by atoms with Gasteiger partial charge in [0, 0.05) is 17.5 Å². The Labute approximate surface area is 126 Å². The number of aliphatic hydroxyl groups excluding tert-OH is 1. The molecule has 0 saturated heterocycles. The summed E-state index contributed by atoms with van der Waals surface area (Å²) in [4.78, 5) is 0. The van der Waals surface area contributed by atoms with Gasteiger partial charge in [-0.05, 0) is 31.5 Å². The van der Waals surface area contributed by atoms with Gasteiger partial charge in [0.05, 0.1) is 6.61 Å². The van der Waals surface area contributed by atoms with Crippen molar-refractivity contribution in [3.05, 3.63) is 64.7 Å². The maximum atomic E-state index is 8.79. The highest BCUT2D eigenvalue weighted by atomic mass is 16.5. The SMILES string of the molecule is Cc1ccc(OCc2ccccc2C#CCCO)c(C)c1. The summed E-state index contributed by atoms with van der Waals surface area (Å²) in [6, 6.07) is 14.1. The van der Waals surface area contributed by atoms with Crippen LogP contribution in [0.2, 0.25) is 0 Å². The van der Waals surface area contributed by atoms with Crippen LogP contribution in [-0.2, 0) is 6.61 Å². The number of benzene rings is 2. The summed E-state index contributed by atoms with van der Waals surface area (Å²) in [5.74, 6) is 6.94. The fourth-order valence-electron chi connectivity index (χ4n) is 2.10. The standard InChI is InChI=1S/C19H20O2/c1-15-10-11-19(16(2)13-15)21-14-18-9-4-3-7-17(18)8-5-6-12-20/h3-4,7,9-11,13,20H,6,12,14H2,1-2H3. The first-order chi connectivity index (χ1) is 10.2. The van der Waals surface area contributed by atoms with E-state index in [4.69, 9.17) is 9.84 Å². The summed E-state index contributed by atoms with van der Waals surface area (Å²) >= 11 is 0. The summed E-state index contributed by atoms with van der Waals surface area (Å²) in [6.07, 6.45) is 0.492. The van der Waals surface area contributed by atoms with Crippen LogP contribution in [0.4, 0.5) is 0 Å². The van der Waals surface area contributed by atoms with Crippen LogP contribution in [0.15, 0.2) is 42.5 Å². The van der Waals surface area contributed by atoms with E-state index in [-0.39, 0.29) is 6.61 Å². The van der Waals surface area contributed by atoms with Gasteiger partial charge >= 0.3 is 0 Å². The van der Waals surface area contributed by atoms with Crippen molar-refractivity contribution in [1.29, 1.82) is 0 Å². The molecule has 0 aromatic heterocycles. The minimum absolute atomic E-state index is 0.0915. The first-order valence-corrected chi connectivity index (χ1v) is 7.08. The fourth-order valence-corrected chi connectivity index (χ4v) is 2.10. The Balaban J connectivity index is 2.11. The molecule has 0 aliphatic heterocycles. The lowest BCUT2D eigenvalue weighted by Gasteiger charge is -2.11. The second kappa shape index (κ2) is 7.52. The maximum absolute atomic E-state index is 8.79. The second-order valence-corrected chi connectivity index (χ2v) is 4.99. The van der Waals surface area contributed by atoms with Crippen molar-refractivity contribution in [2.24, 2.45) is 0 Å². The highest BCUT2D eigenvalue weighted by Gasteiger charge is 2.03. The lowest BCUT2D eigenvalue weighted by atomic mass is 10.1. The van der Waals surface area contributed by atoms with E-state index in [0.29, 0.717) is 13.0 Å². The molecule has 108 valence electrons. The molecular formula is C19H20O2. The number of hydrogen-bond donors (Lipinski definition) is 1. The van der Waals surface area contributed by atoms with Crippen molar-refractivity contribution in [2.45, 2.75) is 26.9 Å². The molecule has 0 saturated carbocycles. The summed E-state index contributed by atoms with van der Waals surface area (Å²) in [5, 5.41) is 8.79. The molecular weight excluding hydrogens is 260 g/mol. The van der Waals surface area contributed by atoms with Gasteiger partial charge in [-0.1, -0.05) is 47.7 Å². The molecule has 2 aromatic carbocycles. The minimum atomic E-state index is 0.0915. The van der Waals surface area contributed by atoms with E-state index >= 15 is 0 Å². The Bertz CT molecular complexity index is 663. The average molecular weight is 280 g/mol. The van der Waals surface area contributed by atoms with Gasteiger partial charge in [0.1, 0.15) is 12.4 Å². The van der Waals surface area contributed by atoms with Crippen LogP contribution in [0.3, 0.4) is 0 Å². The molecule has 0 amide bonds. The second-order valence-electron chi connectivity index (χ2n) is 4.99. The molecule has 0 aliphatic rings. The van der Waals surface area contributed by atoms with Gasteiger partial charge in [-0.25, -0.2) is 0 Å². The lowest BCUT2D eigenvalue weighted by Crippen LogP contribution is -1.99. The molecule has 21 heavy (non-hydrogen) atoms. The van der Waals surface area contributed by atoms with Gasteiger partial charge in [0.15, 0.2) is 0 Å². The Hall–Kier alpha value is -2.24. The number of rotatable bonds is 4. The minimum Gasteiger partial charge on any atom is -0.489 e. The van der Waals surface area contributed by atoms with Crippen molar-refractivity contribution < 1.29 is 9.84 Å².